The number of hydrogen-bond acceptors (Lipinski definition) is 2. The Bertz CT molecular complexity index is 422. The van der Waals surface area contributed by atoms with Gasteiger partial charge in [-0.15, -0.1) is 0 Å². The molecule has 0 saturated heterocycles. The molecule has 0 spiro atoms. The zero-order valence-corrected chi connectivity index (χ0v) is 5.73. The number of pyridine rings is 1. The summed E-state index contributed by atoms with van der Waals surface area (Å²) in [5, 5.41) is 8.66. The van der Waals surface area contributed by atoms with Crippen molar-refractivity contribution in [1.82, 2.24) is 9.38 Å². The molecule has 52 valence electrons. The summed E-state index contributed by atoms with van der Waals surface area (Å²) in [5.41, 5.74) is 1.56. The fraction of sp³-hybridized carbons (Fsp3) is 0. The van der Waals surface area contributed by atoms with E-state index in [2.05, 4.69) is 11.1 Å². The van der Waals surface area contributed by atoms with E-state index in [1.807, 2.05) is 12.1 Å². The Hall–Kier alpha value is -1.82. The molecule has 3 heteroatoms. The van der Waals surface area contributed by atoms with Crippen LogP contribution in [0.1, 0.15) is 5.69 Å². The molecule has 0 aliphatic heterocycles. The molecule has 2 rings (SSSR count). The van der Waals surface area contributed by atoms with Gasteiger partial charge in [0.05, 0.1) is 11.7 Å². The molecule has 3 nitrogen and oxygen atoms in total. The van der Waals surface area contributed by atoms with Gasteiger partial charge >= 0.3 is 0 Å². The van der Waals surface area contributed by atoms with Crippen LogP contribution in [0.3, 0.4) is 0 Å². The average molecular weight is 143 g/mol. The summed E-state index contributed by atoms with van der Waals surface area (Å²) in [7, 11) is 0. The van der Waals surface area contributed by atoms with Crippen molar-refractivity contribution in [3.63, 3.8) is 0 Å². The maximum absolute atomic E-state index is 8.66. The van der Waals surface area contributed by atoms with Gasteiger partial charge in [-0.25, -0.2) is 4.98 Å². The van der Waals surface area contributed by atoms with Crippen LogP contribution in [-0.2, 0) is 0 Å². The second-order valence-corrected chi connectivity index (χ2v) is 2.21. The SMILES string of the molecule is N#Cc1cccc2cncn12. The van der Waals surface area contributed by atoms with E-state index >= 15 is 0 Å². The Morgan fingerprint density at radius 2 is 2.36 bits per heavy atom. The summed E-state index contributed by atoms with van der Waals surface area (Å²) in [6.45, 7) is 0. The third kappa shape index (κ3) is 0.767. The highest BCUT2D eigenvalue weighted by molar-refractivity contribution is 5.47. The quantitative estimate of drug-likeness (QED) is 0.556. The van der Waals surface area contributed by atoms with Crippen LogP contribution in [0.5, 0.6) is 0 Å². The minimum absolute atomic E-state index is 0.611. The molecule has 0 atom stereocenters. The molecule has 0 saturated carbocycles. The second kappa shape index (κ2) is 2.10. The molecule has 0 aromatic carbocycles. The van der Waals surface area contributed by atoms with Gasteiger partial charge in [0.2, 0.25) is 0 Å². The minimum Gasteiger partial charge on any atom is -0.290 e. The van der Waals surface area contributed by atoms with Crippen LogP contribution < -0.4 is 0 Å². The molecular weight excluding hydrogens is 138 g/mol. The molecule has 11 heavy (non-hydrogen) atoms. The average Bonchev–Trinajstić information content (AvgIpc) is 2.50. The summed E-state index contributed by atoms with van der Waals surface area (Å²) < 4.78 is 1.75. The third-order valence-corrected chi connectivity index (χ3v) is 1.56. The number of aromatic nitrogens is 2. The molecular formula is C8H5N3. The molecule has 0 unspecified atom stereocenters. The molecule has 0 aliphatic rings. The predicted molar refractivity (Wildman–Crippen MR) is 39.9 cm³/mol. The van der Waals surface area contributed by atoms with Crippen LogP contribution in [0.4, 0.5) is 0 Å². The normalized spacial score (nSPS) is 9.73. The first-order chi connectivity index (χ1) is 5.42. The van der Waals surface area contributed by atoms with Gasteiger partial charge in [-0.05, 0) is 12.1 Å². The fourth-order valence-corrected chi connectivity index (χ4v) is 1.04. The molecule has 0 N–H and O–H groups in total. The first-order valence-corrected chi connectivity index (χ1v) is 3.23. The van der Waals surface area contributed by atoms with Crippen molar-refractivity contribution < 1.29 is 0 Å². The standard InChI is InChI=1S/C8H5N3/c9-4-7-2-1-3-8-5-10-6-11(7)8/h1-3,5-6H. The zero-order valence-electron chi connectivity index (χ0n) is 5.73. The minimum atomic E-state index is 0.611. The molecule has 0 aliphatic carbocycles. The number of fused-ring (bicyclic) bond motifs is 1. The number of hydrogen-bond donors (Lipinski definition) is 0. The van der Waals surface area contributed by atoms with Crippen LogP contribution in [0, 0.1) is 11.3 Å². The van der Waals surface area contributed by atoms with E-state index in [1.165, 1.54) is 0 Å². The van der Waals surface area contributed by atoms with Crippen molar-refractivity contribution in [3.05, 3.63) is 36.4 Å². The van der Waals surface area contributed by atoms with Gasteiger partial charge in [0, 0.05) is 0 Å². The smallest absolute Gasteiger partial charge is 0.125 e. The van der Waals surface area contributed by atoms with Crippen molar-refractivity contribution in [3.8, 4) is 6.07 Å². The lowest BCUT2D eigenvalue weighted by atomic mass is 10.3. The van der Waals surface area contributed by atoms with Crippen LogP contribution in [0.15, 0.2) is 30.7 Å². The van der Waals surface area contributed by atoms with E-state index in [9.17, 15) is 0 Å². The number of imidazole rings is 1. The van der Waals surface area contributed by atoms with Gasteiger partial charge in [0.25, 0.3) is 0 Å². The van der Waals surface area contributed by atoms with Gasteiger partial charge < -0.3 is 0 Å². The van der Waals surface area contributed by atoms with Gasteiger partial charge in [0.15, 0.2) is 0 Å². The van der Waals surface area contributed by atoms with Crippen LogP contribution >= 0.6 is 0 Å². The number of rotatable bonds is 0. The molecule has 2 heterocycles. The van der Waals surface area contributed by atoms with E-state index in [0.29, 0.717) is 5.69 Å². The maximum atomic E-state index is 8.66. The highest BCUT2D eigenvalue weighted by atomic mass is 15.0. The van der Waals surface area contributed by atoms with E-state index in [-0.39, 0.29) is 0 Å². The van der Waals surface area contributed by atoms with E-state index in [0.717, 1.165) is 5.52 Å². The van der Waals surface area contributed by atoms with Crippen molar-refractivity contribution >= 4 is 5.52 Å². The Morgan fingerprint density at radius 1 is 1.45 bits per heavy atom. The first-order valence-electron chi connectivity index (χ1n) is 3.23. The number of nitrogens with zero attached hydrogens (tertiary/aromatic N) is 3. The lowest BCUT2D eigenvalue weighted by molar-refractivity contribution is 1.12. The monoisotopic (exact) mass is 143 g/mol. The van der Waals surface area contributed by atoms with Crippen LogP contribution in [0.25, 0.3) is 5.52 Å². The lowest BCUT2D eigenvalue weighted by Crippen LogP contribution is -1.87. The second-order valence-electron chi connectivity index (χ2n) is 2.21. The summed E-state index contributed by atoms with van der Waals surface area (Å²) in [6, 6.07) is 7.59. The highest BCUT2D eigenvalue weighted by Gasteiger charge is 1.95. The van der Waals surface area contributed by atoms with E-state index in [1.54, 1.807) is 23.0 Å². The largest absolute Gasteiger partial charge is 0.290 e. The Balaban J connectivity index is 2.92. The topological polar surface area (TPSA) is 41.1 Å². The molecule has 2 aromatic heterocycles. The van der Waals surface area contributed by atoms with Crippen molar-refractivity contribution in [2.75, 3.05) is 0 Å². The summed E-state index contributed by atoms with van der Waals surface area (Å²) >= 11 is 0. The Morgan fingerprint density at radius 3 is 3.18 bits per heavy atom. The van der Waals surface area contributed by atoms with E-state index in [4.69, 9.17) is 5.26 Å². The van der Waals surface area contributed by atoms with Gasteiger partial charge in [0.1, 0.15) is 18.1 Å². The first kappa shape index (κ1) is 5.93. The zero-order chi connectivity index (χ0) is 7.68. The van der Waals surface area contributed by atoms with Crippen LogP contribution in [0.2, 0.25) is 0 Å². The van der Waals surface area contributed by atoms with Crippen molar-refractivity contribution in [1.29, 1.82) is 5.26 Å². The third-order valence-electron chi connectivity index (χ3n) is 1.56. The van der Waals surface area contributed by atoms with Gasteiger partial charge in [-0.1, -0.05) is 6.07 Å². The summed E-state index contributed by atoms with van der Waals surface area (Å²) in [6.07, 6.45) is 3.36. The lowest BCUT2D eigenvalue weighted by Gasteiger charge is -1.93. The predicted octanol–water partition coefficient (Wildman–Crippen LogP) is 1.21. The Kier molecular flexibility index (Phi) is 1.13. The van der Waals surface area contributed by atoms with E-state index < -0.39 is 0 Å². The molecule has 0 radical (unpaired) electrons. The van der Waals surface area contributed by atoms with Gasteiger partial charge in [-0.2, -0.15) is 5.26 Å². The summed E-state index contributed by atoms with van der Waals surface area (Å²) in [5.74, 6) is 0. The van der Waals surface area contributed by atoms with Crippen molar-refractivity contribution in [2.45, 2.75) is 0 Å². The Labute approximate surface area is 63.5 Å². The molecule has 0 amide bonds. The fourth-order valence-electron chi connectivity index (χ4n) is 1.04. The molecule has 0 bridgehead atoms. The molecule has 2 aromatic rings. The maximum Gasteiger partial charge on any atom is 0.125 e. The van der Waals surface area contributed by atoms with Crippen molar-refractivity contribution in [2.24, 2.45) is 0 Å². The summed E-state index contributed by atoms with van der Waals surface area (Å²) in [4.78, 5) is 3.92. The van der Waals surface area contributed by atoms with Crippen LogP contribution in [-0.4, -0.2) is 9.38 Å². The highest BCUT2D eigenvalue weighted by Crippen LogP contribution is 2.04. The van der Waals surface area contributed by atoms with Gasteiger partial charge in [-0.3, -0.25) is 4.40 Å². The molecule has 0 fully saturated rings. The number of nitriles is 1.